The molecule has 0 fully saturated rings. The largest absolute Gasteiger partial charge is 0.479 e. The van der Waals surface area contributed by atoms with E-state index in [4.69, 9.17) is 10.00 Å². The SMILES string of the molecule is CCNC(=O)C(C)NCc1ccc(OCC#N)cc1. The van der Waals surface area contributed by atoms with Crippen molar-refractivity contribution >= 4 is 5.91 Å². The van der Waals surface area contributed by atoms with Crippen molar-refractivity contribution in [3.8, 4) is 11.8 Å². The second-order valence-electron chi connectivity index (χ2n) is 4.09. The Bertz CT molecular complexity index is 437. The fourth-order valence-electron chi connectivity index (χ4n) is 1.51. The van der Waals surface area contributed by atoms with E-state index < -0.39 is 0 Å². The molecule has 1 aromatic rings. The number of hydrogen-bond donors (Lipinski definition) is 2. The summed E-state index contributed by atoms with van der Waals surface area (Å²) in [6.45, 7) is 5.01. The van der Waals surface area contributed by atoms with Gasteiger partial charge in [-0.3, -0.25) is 4.79 Å². The highest BCUT2D eigenvalue weighted by Crippen LogP contribution is 2.11. The Morgan fingerprint density at radius 1 is 1.42 bits per heavy atom. The molecule has 102 valence electrons. The number of amides is 1. The number of carbonyl (C=O) groups is 1. The summed E-state index contributed by atoms with van der Waals surface area (Å²) in [6, 6.07) is 9.12. The van der Waals surface area contributed by atoms with Gasteiger partial charge in [-0.2, -0.15) is 5.26 Å². The smallest absolute Gasteiger partial charge is 0.236 e. The number of likely N-dealkylation sites (N-methyl/N-ethyl adjacent to an activating group) is 1. The molecule has 5 heteroatoms. The number of carbonyl (C=O) groups excluding carboxylic acids is 1. The Morgan fingerprint density at radius 2 is 2.11 bits per heavy atom. The van der Waals surface area contributed by atoms with Crippen LogP contribution in [0.5, 0.6) is 5.75 Å². The zero-order valence-corrected chi connectivity index (χ0v) is 11.3. The van der Waals surface area contributed by atoms with E-state index in [1.54, 1.807) is 0 Å². The molecule has 0 aliphatic heterocycles. The summed E-state index contributed by atoms with van der Waals surface area (Å²) in [5.74, 6) is 0.665. The van der Waals surface area contributed by atoms with E-state index in [0.717, 1.165) is 5.56 Å². The molecule has 1 atom stereocenters. The molecule has 1 unspecified atom stereocenters. The number of hydrogen-bond acceptors (Lipinski definition) is 4. The van der Waals surface area contributed by atoms with Gasteiger partial charge in [-0.05, 0) is 31.5 Å². The number of rotatable bonds is 7. The predicted octanol–water partition coefficient (Wildman–Crippen LogP) is 1.20. The summed E-state index contributed by atoms with van der Waals surface area (Å²) in [5.41, 5.74) is 1.06. The molecule has 5 nitrogen and oxygen atoms in total. The summed E-state index contributed by atoms with van der Waals surface area (Å²) >= 11 is 0. The fraction of sp³-hybridized carbons (Fsp3) is 0.429. The molecule has 0 saturated carbocycles. The minimum atomic E-state index is -0.227. The Hall–Kier alpha value is -2.06. The van der Waals surface area contributed by atoms with Crippen molar-refractivity contribution in [3.05, 3.63) is 29.8 Å². The average molecular weight is 261 g/mol. The van der Waals surface area contributed by atoms with Crippen molar-refractivity contribution in [2.45, 2.75) is 26.4 Å². The van der Waals surface area contributed by atoms with Crippen LogP contribution in [-0.2, 0) is 11.3 Å². The third kappa shape index (κ3) is 5.40. The molecule has 19 heavy (non-hydrogen) atoms. The van der Waals surface area contributed by atoms with E-state index >= 15 is 0 Å². The molecule has 0 aromatic heterocycles. The zero-order valence-electron chi connectivity index (χ0n) is 11.3. The van der Waals surface area contributed by atoms with Crippen LogP contribution in [0.4, 0.5) is 0 Å². The first-order chi connectivity index (χ1) is 9.17. The highest BCUT2D eigenvalue weighted by atomic mass is 16.5. The van der Waals surface area contributed by atoms with E-state index in [2.05, 4.69) is 10.6 Å². The van der Waals surface area contributed by atoms with Gasteiger partial charge in [0, 0.05) is 13.1 Å². The molecular formula is C14H19N3O2. The van der Waals surface area contributed by atoms with E-state index in [9.17, 15) is 4.79 Å². The minimum absolute atomic E-state index is 0.00327. The molecule has 0 radical (unpaired) electrons. The average Bonchev–Trinajstić information content (AvgIpc) is 2.43. The van der Waals surface area contributed by atoms with Crippen LogP contribution in [0, 0.1) is 11.3 Å². The van der Waals surface area contributed by atoms with Gasteiger partial charge in [0.25, 0.3) is 0 Å². The molecule has 0 heterocycles. The Labute approximate surface area is 113 Å². The van der Waals surface area contributed by atoms with E-state index in [1.165, 1.54) is 0 Å². The molecule has 1 amide bonds. The van der Waals surface area contributed by atoms with Gasteiger partial charge in [-0.25, -0.2) is 0 Å². The number of nitrogens with one attached hydrogen (secondary N) is 2. The second kappa shape index (κ2) is 8.11. The van der Waals surface area contributed by atoms with E-state index in [-0.39, 0.29) is 18.6 Å². The Kier molecular flexibility index (Phi) is 6.41. The summed E-state index contributed by atoms with van der Waals surface area (Å²) in [6.07, 6.45) is 0. The maximum Gasteiger partial charge on any atom is 0.236 e. The lowest BCUT2D eigenvalue weighted by atomic mass is 10.2. The van der Waals surface area contributed by atoms with Crippen molar-refractivity contribution in [2.75, 3.05) is 13.2 Å². The predicted molar refractivity (Wildman–Crippen MR) is 72.5 cm³/mol. The maximum absolute atomic E-state index is 11.5. The quantitative estimate of drug-likeness (QED) is 0.773. The first-order valence-corrected chi connectivity index (χ1v) is 6.27. The first kappa shape index (κ1) is 15.0. The van der Waals surface area contributed by atoms with Crippen molar-refractivity contribution in [2.24, 2.45) is 0 Å². The summed E-state index contributed by atoms with van der Waals surface area (Å²) in [4.78, 5) is 11.5. The van der Waals surface area contributed by atoms with Gasteiger partial charge in [0.05, 0.1) is 6.04 Å². The van der Waals surface area contributed by atoms with Crippen molar-refractivity contribution in [1.82, 2.24) is 10.6 Å². The summed E-state index contributed by atoms with van der Waals surface area (Å²) in [5, 5.41) is 14.3. The lowest BCUT2D eigenvalue weighted by molar-refractivity contribution is -0.122. The van der Waals surface area contributed by atoms with Gasteiger partial charge in [0.2, 0.25) is 5.91 Å². The molecule has 1 rings (SSSR count). The fourth-order valence-corrected chi connectivity index (χ4v) is 1.51. The lowest BCUT2D eigenvalue weighted by Gasteiger charge is -2.13. The summed E-state index contributed by atoms with van der Waals surface area (Å²) in [7, 11) is 0. The minimum Gasteiger partial charge on any atom is -0.479 e. The highest BCUT2D eigenvalue weighted by molar-refractivity contribution is 5.81. The Balaban J connectivity index is 2.41. The molecule has 0 aliphatic carbocycles. The monoisotopic (exact) mass is 261 g/mol. The molecular weight excluding hydrogens is 242 g/mol. The van der Waals surface area contributed by atoms with Gasteiger partial charge in [0.1, 0.15) is 11.8 Å². The topological polar surface area (TPSA) is 74.2 Å². The van der Waals surface area contributed by atoms with Crippen LogP contribution < -0.4 is 15.4 Å². The standard InChI is InChI=1S/C14H19N3O2/c1-3-16-14(18)11(2)17-10-12-4-6-13(7-5-12)19-9-8-15/h4-7,11,17H,3,9-10H2,1-2H3,(H,16,18). The lowest BCUT2D eigenvalue weighted by Crippen LogP contribution is -2.41. The van der Waals surface area contributed by atoms with Crippen molar-refractivity contribution < 1.29 is 9.53 Å². The molecule has 0 aliphatic rings. The number of benzene rings is 1. The van der Waals surface area contributed by atoms with Crippen molar-refractivity contribution in [3.63, 3.8) is 0 Å². The van der Waals surface area contributed by atoms with Gasteiger partial charge in [0.15, 0.2) is 6.61 Å². The van der Waals surface area contributed by atoms with Gasteiger partial charge < -0.3 is 15.4 Å². The van der Waals surface area contributed by atoms with Crippen LogP contribution in [0.2, 0.25) is 0 Å². The number of nitriles is 1. The third-order valence-electron chi connectivity index (χ3n) is 2.58. The van der Waals surface area contributed by atoms with Crippen LogP contribution >= 0.6 is 0 Å². The second-order valence-corrected chi connectivity index (χ2v) is 4.09. The molecule has 0 bridgehead atoms. The molecule has 2 N–H and O–H groups in total. The third-order valence-corrected chi connectivity index (χ3v) is 2.58. The van der Waals surface area contributed by atoms with Crippen LogP contribution in [0.3, 0.4) is 0 Å². The molecule has 1 aromatic carbocycles. The first-order valence-electron chi connectivity index (χ1n) is 6.27. The van der Waals surface area contributed by atoms with Crippen LogP contribution in [0.15, 0.2) is 24.3 Å². The van der Waals surface area contributed by atoms with Crippen molar-refractivity contribution in [1.29, 1.82) is 5.26 Å². The normalized spacial score (nSPS) is 11.4. The number of ether oxygens (including phenoxy) is 1. The maximum atomic E-state index is 11.5. The van der Waals surface area contributed by atoms with Crippen LogP contribution in [0.1, 0.15) is 19.4 Å². The molecule has 0 spiro atoms. The van der Waals surface area contributed by atoms with Crippen LogP contribution in [0.25, 0.3) is 0 Å². The number of nitrogens with zero attached hydrogens (tertiary/aromatic N) is 1. The van der Waals surface area contributed by atoms with E-state index in [1.807, 2.05) is 44.2 Å². The summed E-state index contributed by atoms with van der Waals surface area (Å²) < 4.78 is 5.16. The molecule has 0 saturated heterocycles. The highest BCUT2D eigenvalue weighted by Gasteiger charge is 2.10. The van der Waals surface area contributed by atoms with E-state index in [0.29, 0.717) is 18.8 Å². The van der Waals surface area contributed by atoms with Gasteiger partial charge >= 0.3 is 0 Å². The van der Waals surface area contributed by atoms with Gasteiger partial charge in [-0.15, -0.1) is 0 Å². The van der Waals surface area contributed by atoms with Gasteiger partial charge in [-0.1, -0.05) is 12.1 Å². The van der Waals surface area contributed by atoms with Crippen LogP contribution in [-0.4, -0.2) is 25.1 Å². The zero-order chi connectivity index (χ0) is 14.1. The Morgan fingerprint density at radius 3 is 2.68 bits per heavy atom.